The highest BCUT2D eigenvalue weighted by Gasteiger charge is 2.04. The van der Waals surface area contributed by atoms with E-state index >= 15 is 0 Å². The third-order valence-corrected chi connectivity index (χ3v) is 4.47. The summed E-state index contributed by atoms with van der Waals surface area (Å²) in [5.41, 5.74) is 0. The molecule has 2 nitrogen and oxygen atoms in total. The Morgan fingerprint density at radius 3 is 2.88 bits per heavy atom. The fraction of sp³-hybridized carbons (Fsp3) is 0.417. The Hall–Kier alpha value is -0.710. The molecule has 16 heavy (non-hydrogen) atoms. The van der Waals surface area contributed by atoms with Crippen molar-refractivity contribution in [1.29, 1.82) is 0 Å². The Labute approximate surface area is 104 Å². The Balaban J connectivity index is 1.81. The van der Waals surface area contributed by atoms with Crippen LogP contribution in [0, 0.1) is 0 Å². The van der Waals surface area contributed by atoms with Gasteiger partial charge in [0, 0.05) is 29.0 Å². The number of hydrogen-bond donors (Lipinski definition) is 1. The van der Waals surface area contributed by atoms with Crippen molar-refractivity contribution >= 4 is 22.7 Å². The molecule has 86 valence electrons. The Bertz CT molecular complexity index is 418. The molecule has 0 saturated carbocycles. The highest BCUT2D eigenvalue weighted by atomic mass is 32.1. The smallest absolute Gasteiger partial charge is 0.107 e. The second-order valence-corrected chi connectivity index (χ2v) is 6.17. The molecule has 2 aromatic heterocycles. The molecule has 0 aliphatic carbocycles. The van der Waals surface area contributed by atoms with E-state index < -0.39 is 0 Å². The minimum absolute atomic E-state index is 0.587. The first kappa shape index (κ1) is 11.8. The normalized spacial score (nSPS) is 11.2. The van der Waals surface area contributed by atoms with Gasteiger partial charge in [-0.25, -0.2) is 4.98 Å². The minimum atomic E-state index is 0.587. The first-order valence-electron chi connectivity index (χ1n) is 5.43. The average molecular weight is 252 g/mol. The van der Waals surface area contributed by atoms with Gasteiger partial charge in [-0.05, 0) is 17.4 Å². The molecule has 0 aliphatic rings. The van der Waals surface area contributed by atoms with Crippen molar-refractivity contribution in [3.8, 4) is 0 Å². The molecule has 4 heteroatoms. The van der Waals surface area contributed by atoms with E-state index in [-0.39, 0.29) is 0 Å². The summed E-state index contributed by atoms with van der Waals surface area (Å²) < 4.78 is 0. The van der Waals surface area contributed by atoms with Gasteiger partial charge < -0.3 is 5.32 Å². The van der Waals surface area contributed by atoms with Crippen molar-refractivity contribution in [3.05, 3.63) is 38.5 Å². The van der Waals surface area contributed by atoms with Gasteiger partial charge in [-0.3, -0.25) is 0 Å². The zero-order valence-electron chi connectivity index (χ0n) is 9.56. The molecule has 0 saturated heterocycles. The first-order valence-corrected chi connectivity index (χ1v) is 7.13. The molecule has 0 amide bonds. The highest BCUT2D eigenvalue weighted by Crippen LogP contribution is 2.21. The van der Waals surface area contributed by atoms with Gasteiger partial charge in [-0.15, -0.1) is 22.7 Å². The van der Waals surface area contributed by atoms with Crippen LogP contribution in [0.1, 0.15) is 34.5 Å². The highest BCUT2D eigenvalue weighted by molar-refractivity contribution is 7.11. The number of nitrogens with zero attached hydrogens (tertiary/aromatic N) is 1. The molecule has 0 unspecified atom stereocenters. The maximum Gasteiger partial charge on any atom is 0.107 e. The monoisotopic (exact) mass is 252 g/mol. The molecular weight excluding hydrogens is 236 g/mol. The third-order valence-electron chi connectivity index (χ3n) is 2.30. The molecular formula is C12H16N2S2. The summed E-state index contributed by atoms with van der Waals surface area (Å²) >= 11 is 3.60. The topological polar surface area (TPSA) is 24.9 Å². The summed E-state index contributed by atoms with van der Waals surface area (Å²) in [6.45, 7) is 6.22. The molecule has 0 aromatic carbocycles. The van der Waals surface area contributed by atoms with E-state index in [2.05, 4.69) is 41.7 Å². The predicted molar refractivity (Wildman–Crippen MR) is 71.1 cm³/mol. The number of hydrogen-bond acceptors (Lipinski definition) is 4. The van der Waals surface area contributed by atoms with Gasteiger partial charge in [0.2, 0.25) is 0 Å². The van der Waals surface area contributed by atoms with Crippen LogP contribution in [0.2, 0.25) is 0 Å². The van der Waals surface area contributed by atoms with E-state index in [1.807, 2.05) is 17.5 Å². The van der Waals surface area contributed by atoms with E-state index in [0.717, 1.165) is 13.1 Å². The second-order valence-electron chi connectivity index (χ2n) is 3.99. The van der Waals surface area contributed by atoms with Crippen LogP contribution in [0.15, 0.2) is 23.7 Å². The number of aromatic nitrogens is 1. The molecule has 0 aliphatic heterocycles. The Morgan fingerprint density at radius 2 is 2.25 bits per heavy atom. The van der Waals surface area contributed by atoms with Crippen molar-refractivity contribution in [2.75, 3.05) is 0 Å². The zero-order valence-corrected chi connectivity index (χ0v) is 11.2. The molecule has 1 N–H and O–H groups in total. The van der Waals surface area contributed by atoms with Crippen molar-refractivity contribution in [2.24, 2.45) is 0 Å². The Kier molecular flexibility index (Phi) is 4.09. The quantitative estimate of drug-likeness (QED) is 0.879. The van der Waals surface area contributed by atoms with Gasteiger partial charge in [-0.2, -0.15) is 0 Å². The SMILES string of the molecule is CC(C)c1cnc(CNCc2cccs2)s1. The molecule has 0 spiro atoms. The first-order chi connectivity index (χ1) is 7.75. The standard InChI is InChI=1S/C12H16N2S2/c1-9(2)11-7-14-12(16-11)8-13-6-10-4-3-5-15-10/h3-5,7,9,13H,6,8H2,1-2H3. The zero-order chi connectivity index (χ0) is 11.4. The summed E-state index contributed by atoms with van der Waals surface area (Å²) in [6, 6.07) is 4.24. The van der Waals surface area contributed by atoms with E-state index in [0.29, 0.717) is 5.92 Å². The largest absolute Gasteiger partial charge is 0.306 e. The van der Waals surface area contributed by atoms with Crippen molar-refractivity contribution in [2.45, 2.75) is 32.9 Å². The van der Waals surface area contributed by atoms with Gasteiger partial charge in [-0.1, -0.05) is 19.9 Å². The second kappa shape index (κ2) is 5.57. The predicted octanol–water partition coefficient (Wildman–Crippen LogP) is 3.62. The van der Waals surface area contributed by atoms with Crippen molar-refractivity contribution in [3.63, 3.8) is 0 Å². The van der Waals surface area contributed by atoms with E-state index in [9.17, 15) is 0 Å². The van der Waals surface area contributed by atoms with E-state index in [1.54, 1.807) is 11.3 Å². The number of thiophene rings is 1. The van der Waals surface area contributed by atoms with Crippen LogP contribution in [-0.2, 0) is 13.1 Å². The minimum Gasteiger partial charge on any atom is -0.306 e. The van der Waals surface area contributed by atoms with Crippen LogP contribution in [0.25, 0.3) is 0 Å². The molecule has 0 radical (unpaired) electrons. The summed E-state index contributed by atoms with van der Waals surface area (Å²) in [6.07, 6.45) is 2.00. The maximum atomic E-state index is 4.42. The van der Waals surface area contributed by atoms with Crippen LogP contribution in [0.4, 0.5) is 0 Å². The van der Waals surface area contributed by atoms with Gasteiger partial charge in [0.15, 0.2) is 0 Å². The maximum absolute atomic E-state index is 4.42. The summed E-state index contributed by atoms with van der Waals surface area (Å²) in [5.74, 6) is 0.587. The lowest BCUT2D eigenvalue weighted by Gasteiger charge is -1.99. The van der Waals surface area contributed by atoms with Crippen LogP contribution >= 0.6 is 22.7 Å². The lowest BCUT2D eigenvalue weighted by molar-refractivity contribution is 0.697. The molecule has 2 rings (SSSR count). The van der Waals surface area contributed by atoms with Crippen molar-refractivity contribution < 1.29 is 0 Å². The van der Waals surface area contributed by atoms with Gasteiger partial charge in [0.05, 0.1) is 0 Å². The molecule has 0 atom stereocenters. The van der Waals surface area contributed by atoms with Crippen LogP contribution in [-0.4, -0.2) is 4.98 Å². The average Bonchev–Trinajstić information content (AvgIpc) is 2.87. The molecule has 0 fully saturated rings. The van der Waals surface area contributed by atoms with Crippen LogP contribution in [0.5, 0.6) is 0 Å². The summed E-state index contributed by atoms with van der Waals surface area (Å²) in [5, 5.41) is 6.70. The summed E-state index contributed by atoms with van der Waals surface area (Å²) in [7, 11) is 0. The van der Waals surface area contributed by atoms with E-state index in [4.69, 9.17) is 0 Å². The fourth-order valence-electron chi connectivity index (χ4n) is 1.38. The van der Waals surface area contributed by atoms with Crippen LogP contribution in [0.3, 0.4) is 0 Å². The van der Waals surface area contributed by atoms with Crippen LogP contribution < -0.4 is 5.32 Å². The number of nitrogens with one attached hydrogen (secondary N) is 1. The Morgan fingerprint density at radius 1 is 1.38 bits per heavy atom. The van der Waals surface area contributed by atoms with E-state index in [1.165, 1.54) is 14.8 Å². The number of thiazole rings is 1. The molecule has 2 aromatic rings. The van der Waals surface area contributed by atoms with Gasteiger partial charge >= 0.3 is 0 Å². The lowest BCUT2D eigenvalue weighted by Crippen LogP contribution is -2.11. The lowest BCUT2D eigenvalue weighted by atomic mass is 10.2. The molecule has 0 bridgehead atoms. The summed E-state index contributed by atoms with van der Waals surface area (Å²) in [4.78, 5) is 7.16. The van der Waals surface area contributed by atoms with Gasteiger partial charge in [0.1, 0.15) is 5.01 Å². The van der Waals surface area contributed by atoms with Gasteiger partial charge in [0.25, 0.3) is 0 Å². The molecule has 2 heterocycles. The third kappa shape index (κ3) is 3.14. The number of rotatable bonds is 5. The fourth-order valence-corrected chi connectivity index (χ4v) is 2.95. The van der Waals surface area contributed by atoms with Crippen molar-refractivity contribution in [1.82, 2.24) is 10.3 Å².